The van der Waals surface area contributed by atoms with Crippen LogP contribution >= 0.6 is 0 Å². The quantitative estimate of drug-likeness (QED) is 0.171. The lowest BCUT2D eigenvalue weighted by Crippen LogP contribution is -2.39. The molecule has 0 aliphatic carbocycles. The first-order valence-corrected chi connectivity index (χ1v) is 14.0. The normalized spacial score (nSPS) is 15.1. The van der Waals surface area contributed by atoms with Crippen molar-refractivity contribution < 1.29 is 18.8 Å². The van der Waals surface area contributed by atoms with E-state index in [-0.39, 0.29) is 11.5 Å². The molecular weight excluding hydrogens is 520 g/mol. The van der Waals surface area contributed by atoms with Crippen LogP contribution in [0.25, 0.3) is 21.9 Å². The summed E-state index contributed by atoms with van der Waals surface area (Å²) in [6.07, 6.45) is 2.51. The van der Waals surface area contributed by atoms with Crippen LogP contribution < -0.4 is 16.4 Å². The molecule has 1 aliphatic heterocycles. The van der Waals surface area contributed by atoms with Gasteiger partial charge in [-0.3, -0.25) is 10.2 Å². The highest BCUT2D eigenvalue weighted by molar-refractivity contribution is 6.00. The maximum Gasteiger partial charge on any atom is 0.324 e. The lowest BCUT2D eigenvalue weighted by atomic mass is 9.93. The van der Waals surface area contributed by atoms with Gasteiger partial charge in [0, 0.05) is 63.7 Å². The molecule has 1 fully saturated rings. The second-order valence-corrected chi connectivity index (χ2v) is 12.0. The number of nitrogens with zero attached hydrogens (tertiary/aromatic N) is 2. The number of hydrogen-bond acceptors (Lipinski definition) is 7. The van der Waals surface area contributed by atoms with Crippen LogP contribution in [-0.2, 0) is 18.4 Å². The Morgan fingerprint density at radius 2 is 1.93 bits per heavy atom. The van der Waals surface area contributed by atoms with Crippen molar-refractivity contribution in [1.82, 2.24) is 15.0 Å². The molecule has 3 aromatic heterocycles. The van der Waals surface area contributed by atoms with E-state index >= 15 is 0 Å². The van der Waals surface area contributed by atoms with E-state index in [9.17, 15) is 9.90 Å². The Balaban J connectivity index is 1.14. The molecule has 10 heteroatoms. The van der Waals surface area contributed by atoms with E-state index in [0.717, 1.165) is 64.8 Å². The van der Waals surface area contributed by atoms with Crippen molar-refractivity contribution >= 4 is 39.4 Å². The molecule has 0 bridgehead atoms. The molecule has 0 atom stereocenters. The van der Waals surface area contributed by atoms with Gasteiger partial charge < -0.3 is 30.1 Å². The number of urea groups is 1. The summed E-state index contributed by atoms with van der Waals surface area (Å²) in [5.41, 5.74) is 10.1. The molecule has 5 aromatic rings. The molecule has 214 valence electrons. The number of hydrogen-bond donors (Lipinski definition) is 5. The molecule has 6 N–H and O–H groups in total. The lowest BCUT2D eigenvalue weighted by molar-refractivity contribution is 0.204. The summed E-state index contributed by atoms with van der Waals surface area (Å²) in [5.74, 6) is 2.15. The zero-order valence-corrected chi connectivity index (χ0v) is 23.6. The summed E-state index contributed by atoms with van der Waals surface area (Å²) in [4.78, 5) is 18.4. The molecule has 0 radical (unpaired) electrons. The van der Waals surface area contributed by atoms with E-state index in [0.29, 0.717) is 36.0 Å². The summed E-state index contributed by atoms with van der Waals surface area (Å²) < 4.78 is 11.4. The molecule has 2 amide bonds. The third-order valence-electron chi connectivity index (χ3n) is 7.64. The molecule has 6 rings (SSSR count). The highest BCUT2D eigenvalue weighted by Crippen LogP contribution is 2.32. The first-order valence-electron chi connectivity index (χ1n) is 14.0. The predicted octanol–water partition coefficient (Wildman–Crippen LogP) is 6.06. The highest BCUT2D eigenvalue weighted by Gasteiger charge is 2.21. The summed E-state index contributed by atoms with van der Waals surface area (Å²) in [6, 6.07) is 14.8. The number of likely N-dealkylation sites (tertiary alicyclic amines) is 1. The Labute approximate surface area is 237 Å². The highest BCUT2D eigenvalue weighted by atomic mass is 16.5. The van der Waals surface area contributed by atoms with Crippen LogP contribution in [0.2, 0.25) is 0 Å². The molecule has 2 aromatic carbocycles. The SMILES string of the molecule is CC(C)(C)c1cc(NC(=O)Nc2ccc3oc(Cc4cc5c(CN6CCC(N)CC6)c(O)ccc5[nH]4)cc3c2)no1. The van der Waals surface area contributed by atoms with E-state index in [1.54, 1.807) is 18.2 Å². The number of phenolic OH excluding ortho intramolecular Hbond substituents is 1. The Kier molecular flexibility index (Phi) is 6.96. The van der Waals surface area contributed by atoms with Gasteiger partial charge in [-0.2, -0.15) is 0 Å². The van der Waals surface area contributed by atoms with Gasteiger partial charge in [-0.1, -0.05) is 25.9 Å². The minimum Gasteiger partial charge on any atom is -0.508 e. The number of carbonyl (C=O) groups excluding carboxylic acids is 1. The van der Waals surface area contributed by atoms with Crippen LogP contribution in [0, 0.1) is 0 Å². The fourth-order valence-electron chi connectivity index (χ4n) is 5.32. The van der Waals surface area contributed by atoms with E-state index < -0.39 is 6.03 Å². The summed E-state index contributed by atoms with van der Waals surface area (Å²) in [7, 11) is 0. The maximum atomic E-state index is 12.5. The number of H-pyrrole nitrogens is 1. The molecular formula is C31H36N6O4. The van der Waals surface area contributed by atoms with E-state index in [2.05, 4.69) is 31.7 Å². The lowest BCUT2D eigenvalue weighted by Gasteiger charge is -2.30. The Bertz CT molecular complexity index is 1700. The third kappa shape index (κ3) is 5.94. The van der Waals surface area contributed by atoms with Gasteiger partial charge in [0.05, 0.1) is 0 Å². The van der Waals surface area contributed by atoms with Gasteiger partial charge in [-0.25, -0.2) is 4.79 Å². The molecule has 1 saturated heterocycles. The van der Waals surface area contributed by atoms with Gasteiger partial charge >= 0.3 is 6.03 Å². The molecule has 0 saturated carbocycles. The smallest absolute Gasteiger partial charge is 0.324 e. The van der Waals surface area contributed by atoms with Crippen LogP contribution in [0.5, 0.6) is 5.75 Å². The number of piperidine rings is 1. The van der Waals surface area contributed by atoms with Gasteiger partial charge in [-0.05, 0) is 68.4 Å². The van der Waals surface area contributed by atoms with Crippen LogP contribution in [0.3, 0.4) is 0 Å². The average molecular weight is 557 g/mol. The number of aromatic amines is 1. The van der Waals surface area contributed by atoms with Crippen molar-refractivity contribution in [2.45, 2.75) is 58.0 Å². The Morgan fingerprint density at radius 3 is 2.68 bits per heavy atom. The number of aromatic hydroxyl groups is 1. The van der Waals surface area contributed by atoms with E-state index in [1.807, 2.05) is 45.0 Å². The minimum atomic E-state index is -0.411. The maximum absolute atomic E-state index is 12.5. The third-order valence-corrected chi connectivity index (χ3v) is 7.64. The van der Waals surface area contributed by atoms with Crippen LogP contribution in [0.1, 0.15) is 56.4 Å². The second kappa shape index (κ2) is 10.6. The number of fused-ring (bicyclic) bond motifs is 2. The number of phenols is 1. The van der Waals surface area contributed by atoms with Gasteiger partial charge in [0.25, 0.3) is 0 Å². The van der Waals surface area contributed by atoms with Gasteiger partial charge in [0.15, 0.2) is 5.82 Å². The van der Waals surface area contributed by atoms with Gasteiger partial charge in [0.1, 0.15) is 22.9 Å². The molecule has 4 heterocycles. The monoisotopic (exact) mass is 556 g/mol. The molecule has 0 unspecified atom stereocenters. The standard InChI is InChI=1S/C31H36N6O4/c1-31(2,3)28-16-29(36-41-28)35-30(39)34-20-4-7-27-18(12-20)13-22(40-27)14-21-15-23-24(26(38)6-5-25(23)33-21)17-37-10-8-19(32)9-11-37/h4-7,12-13,15-16,19,33,38H,8-11,14,17,32H2,1-3H3,(H2,34,35,36,39). The van der Waals surface area contributed by atoms with Crippen LogP contribution in [0.4, 0.5) is 16.3 Å². The summed E-state index contributed by atoms with van der Waals surface area (Å²) >= 11 is 0. The van der Waals surface area contributed by atoms with E-state index in [4.69, 9.17) is 14.7 Å². The van der Waals surface area contributed by atoms with Crippen molar-refractivity contribution in [2.75, 3.05) is 23.7 Å². The van der Waals surface area contributed by atoms with Crippen molar-refractivity contribution in [3.8, 4) is 5.75 Å². The Morgan fingerprint density at radius 1 is 1.12 bits per heavy atom. The zero-order chi connectivity index (χ0) is 28.7. The van der Waals surface area contributed by atoms with E-state index in [1.165, 1.54) is 0 Å². The fourth-order valence-corrected chi connectivity index (χ4v) is 5.32. The molecule has 1 aliphatic rings. The summed E-state index contributed by atoms with van der Waals surface area (Å²) in [6.45, 7) is 8.60. The number of benzene rings is 2. The number of nitrogens with two attached hydrogens (primary N) is 1. The van der Waals surface area contributed by atoms with Crippen molar-refractivity contribution in [3.05, 3.63) is 71.3 Å². The molecule has 10 nitrogen and oxygen atoms in total. The largest absolute Gasteiger partial charge is 0.508 e. The average Bonchev–Trinajstić information content (AvgIpc) is 3.65. The van der Waals surface area contributed by atoms with Crippen molar-refractivity contribution in [3.63, 3.8) is 0 Å². The van der Waals surface area contributed by atoms with Crippen LogP contribution in [0.15, 0.2) is 57.5 Å². The van der Waals surface area contributed by atoms with Gasteiger partial charge in [0.2, 0.25) is 0 Å². The number of furan rings is 1. The first kappa shape index (κ1) is 26.9. The topological polar surface area (TPSA) is 146 Å². The number of anilines is 2. The summed E-state index contributed by atoms with van der Waals surface area (Å²) in [5, 5.41) is 22.0. The number of nitrogens with one attached hydrogen (secondary N) is 3. The number of rotatable bonds is 6. The fraction of sp³-hybridized carbons (Fsp3) is 0.355. The van der Waals surface area contributed by atoms with Crippen LogP contribution in [-0.4, -0.2) is 45.3 Å². The van der Waals surface area contributed by atoms with Gasteiger partial charge in [-0.15, -0.1) is 0 Å². The van der Waals surface area contributed by atoms with Crippen molar-refractivity contribution in [2.24, 2.45) is 5.73 Å². The predicted molar refractivity (Wildman–Crippen MR) is 159 cm³/mol. The minimum absolute atomic E-state index is 0.202. The Hall–Kier alpha value is -4.28. The first-order chi connectivity index (χ1) is 19.6. The number of amides is 2. The number of carbonyl (C=O) groups is 1. The van der Waals surface area contributed by atoms with Crippen molar-refractivity contribution in [1.29, 1.82) is 0 Å². The molecule has 0 spiro atoms. The second-order valence-electron chi connectivity index (χ2n) is 12.0. The number of aromatic nitrogens is 2. The molecule has 41 heavy (non-hydrogen) atoms. The zero-order valence-electron chi connectivity index (χ0n) is 23.6.